The number of nitrogens with one attached hydrogen (secondary N) is 1. The van der Waals surface area contributed by atoms with Gasteiger partial charge in [-0.1, -0.05) is 12.8 Å². The SMILES string of the molecule is O=C(O)CCCCCCC(=O)NCc1ccc(C(=O)O)o1. The lowest BCUT2D eigenvalue weighted by Gasteiger charge is -2.03. The number of hydrogen-bond acceptors (Lipinski definition) is 4. The molecule has 21 heavy (non-hydrogen) atoms. The molecule has 3 N–H and O–H groups in total. The summed E-state index contributed by atoms with van der Waals surface area (Å²) in [7, 11) is 0. The fourth-order valence-electron chi connectivity index (χ4n) is 1.78. The Balaban J connectivity index is 2.10. The maximum absolute atomic E-state index is 11.5. The Hall–Kier alpha value is -2.31. The number of unbranched alkanes of at least 4 members (excludes halogenated alkanes) is 3. The molecule has 1 aromatic rings. The summed E-state index contributed by atoms with van der Waals surface area (Å²) in [6.07, 6.45) is 3.45. The topological polar surface area (TPSA) is 117 Å². The number of carboxylic acids is 2. The van der Waals surface area contributed by atoms with E-state index >= 15 is 0 Å². The van der Waals surface area contributed by atoms with E-state index in [1.807, 2.05) is 0 Å². The predicted octanol–water partition coefficient (Wildman–Crippen LogP) is 2.02. The first-order valence-electron chi connectivity index (χ1n) is 6.79. The second-order valence-corrected chi connectivity index (χ2v) is 4.66. The van der Waals surface area contributed by atoms with Crippen molar-refractivity contribution in [1.29, 1.82) is 0 Å². The third-order valence-corrected chi connectivity index (χ3v) is 2.88. The average Bonchev–Trinajstić information content (AvgIpc) is 2.89. The summed E-state index contributed by atoms with van der Waals surface area (Å²) in [6, 6.07) is 2.85. The second kappa shape index (κ2) is 8.78. The smallest absolute Gasteiger partial charge is 0.371 e. The summed E-state index contributed by atoms with van der Waals surface area (Å²) in [6.45, 7) is 0.158. The number of carboxylic acid groups (broad SMARTS) is 2. The lowest BCUT2D eigenvalue weighted by molar-refractivity contribution is -0.137. The van der Waals surface area contributed by atoms with Crippen LogP contribution in [0.4, 0.5) is 0 Å². The molecule has 0 fully saturated rings. The predicted molar refractivity (Wildman–Crippen MR) is 72.9 cm³/mol. The van der Waals surface area contributed by atoms with Gasteiger partial charge in [0.05, 0.1) is 6.54 Å². The van der Waals surface area contributed by atoms with Crippen LogP contribution in [0.2, 0.25) is 0 Å². The molecule has 0 aromatic carbocycles. The van der Waals surface area contributed by atoms with Crippen LogP contribution in [-0.4, -0.2) is 28.1 Å². The molecule has 0 aliphatic heterocycles. The van der Waals surface area contributed by atoms with Gasteiger partial charge < -0.3 is 19.9 Å². The van der Waals surface area contributed by atoms with Crippen LogP contribution in [0.15, 0.2) is 16.5 Å². The molecule has 116 valence electrons. The lowest BCUT2D eigenvalue weighted by atomic mass is 10.1. The Labute approximate surface area is 121 Å². The van der Waals surface area contributed by atoms with Crippen molar-refractivity contribution in [3.8, 4) is 0 Å². The van der Waals surface area contributed by atoms with Gasteiger partial charge in [-0.05, 0) is 25.0 Å². The molecule has 1 aromatic heterocycles. The van der Waals surface area contributed by atoms with Gasteiger partial charge in [0.15, 0.2) is 0 Å². The van der Waals surface area contributed by atoms with Crippen molar-refractivity contribution < 1.29 is 29.0 Å². The molecule has 0 atom stereocenters. The highest BCUT2D eigenvalue weighted by molar-refractivity contribution is 5.84. The highest BCUT2D eigenvalue weighted by atomic mass is 16.4. The van der Waals surface area contributed by atoms with E-state index in [0.717, 1.165) is 12.8 Å². The van der Waals surface area contributed by atoms with Crippen molar-refractivity contribution in [1.82, 2.24) is 5.32 Å². The molecule has 1 rings (SSSR count). The van der Waals surface area contributed by atoms with Gasteiger partial charge >= 0.3 is 11.9 Å². The minimum atomic E-state index is -1.14. The van der Waals surface area contributed by atoms with Crippen molar-refractivity contribution in [2.75, 3.05) is 0 Å². The Bertz CT molecular complexity index is 493. The number of aliphatic carboxylic acids is 1. The molecule has 0 spiro atoms. The molecular formula is C14H19NO6. The first-order valence-corrected chi connectivity index (χ1v) is 6.79. The standard InChI is InChI=1S/C14H19NO6/c16-12(5-3-1-2-4-6-13(17)18)15-9-10-7-8-11(21-10)14(19)20/h7-8H,1-6,9H2,(H,15,16)(H,17,18)(H,19,20). The Kier molecular flexibility index (Phi) is 7.00. The van der Waals surface area contributed by atoms with Gasteiger partial charge in [0, 0.05) is 12.8 Å². The first-order chi connectivity index (χ1) is 9.99. The molecule has 1 amide bonds. The summed E-state index contributed by atoms with van der Waals surface area (Å²) in [5.41, 5.74) is 0. The van der Waals surface area contributed by atoms with Crippen molar-refractivity contribution in [2.24, 2.45) is 0 Å². The zero-order valence-electron chi connectivity index (χ0n) is 11.6. The number of rotatable bonds is 10. The van der Waals surface area contributed by atoms with Crippen LogP contribution in [-0.2, 0) is 16.1 Å². The normalized spacial score (nSPS) is 10.3. The number of furan rings is 1. The van der Waals surface area contributed by atoms with E-state index in [1.165, 1.54) is 12.1 Å². The zero-order chi connectivity index (χ0) is 15.7. The van der Waals surface area contributed by atoms with Crippen LogP contribution in [0.25, 0.3) is 0 Å². The van der Waals surface area contributed by atoms with Gasteiger partial charge in [-0.3, -0.25) is 9.59 Å². The molecule has 7 heteroatoms. The molecule has 0 radical (unpaired) electrons. The van der Waals surface area contributed by atoms with E-state index in [-0.39, 0.29) is 24.6 Å². The van der Waals surface area contributed by atoms with Crippen molar-refractivity contribution >= 4 is 17.8 Å². The second-order valence-electron chi connectivity index (χ2n) is 4.66. The van der Waals surface area contributed by atoms with Crippen molar-refractivity contribution in [3.05, 3.63) is 23.7 Å². The summed E-state index contributed by atoms with van der Waals surface area (Å²) in [5.74, 6) is -1.85. The van der Waals surface area contributed by atoms with E-state index in [1.54, 1.807) is 0 Å². The van der Waals surface area contributed by atoms with Gasteiger partial charge in [-0.15, -0.1) is 0 Å². The van der Waals surface area contributed by atoms with Gasteiger partial charge in [-0.25, -0.2) is 4.79 Å². The van der Waals surface area contributed by atoms with Crippen molar-refractivity contribution in [3.63, 3.8) is 0 Å². The van der Waals surface area contributed by atoms with Crippen molar-refractivity contribution in [2.45, 2.75) is 45.1 Å². The van der Waals surface area contributed by atoms with Gasteiger partial charge in [0.1, 0.15) is 5.76 Å². The average molecular weight is 297 g/mol. The zero-order valence-corrected chi connectivity index (χ0v) is 11.6. The minimum Gasteiger partial charge on any atom is -0.481 e. The number of carbonyl (C=O) groups excluding carboxylic acids is 1. The fraction of sp³-hybridized carbons (Fsp3) is 0.500. The molecule has 0 bridgehead atoms. The Morgan fingerprint density at radius 1 is 1.00 bits per heavy atom. The molecule has 0 aliphatic carbocycles. The Morgan fingerprint density at radius 3 is 2.24 bits per heavy atom. The maximum atomic E-state index is 11.5. The summed E-state index contributed by atoms with van der Waals surface area (Å²) >= 11 is 0. The highest BCUT2D eigenvalue weighted by Crippen LogP contribution is 2.08. The maximum Gasteiger partial charge on any atom is 0.371 e. The van der Waals surface area contributed by atoms with Crippen LogP contribution in [0.5, 0.6) is 0 Å². The number of aromatic carboxylic acids is 1. The largest absolute Gasteiger partial charge is 0.481 e. The van der Waals surface area contributed by atoms with Crippen LogP contribution in [0.3, 0.4) is 0 Å². The molecule has 0 saturated carbocycles. The number of amides is 1. The van der Waals surface area contributed by atoms with E-state index in [9.17, 15) is 14.4 Å². The minimum absolute atomic E-state index is 0.137. The van der Waals surface area contributed by atoms with Crippen LogP contribution < -0.4 is 5.32 Å². The number of hydrogen-bond donors (Lipinski definition) is 3. The summed E-state index contributed by atoms with van der Waals surface area (Å²) < 4.78 is 5.01. The number of carbonyl (C=O) groups is 3. The first kappa shape index (κ1) is 16.7. The van der Waals surface area contributed by atoms with Gasteiger partial charge in [-0.2, -0.15) is 0 Å². The molecular weight excluding hydrogens is 278 g/mol. The quantitative estimate of drug-likeness (QED) is 0.569. The van der Waals surface area contributed by atoms with E-state index in [0.29, 0.717) is 25.0 Å². The van der Waals surface area contributed by atoms with Crippen LogP contribution in [0, 0.1) is 0 Å². The molecule has 0 aliphatic rings. The molecule has 1 heterocycles. The van der Waals surface area contributed by atoms with Gasteiger partial charge in [0.2, 0.25) is 11.7 Å². The third-order valence-electron chi connectivity index (χ3n) is 2.88. The fourth-order valence-corrected chi connectivity index (χ4v) is 1.78. The highest BCUT2D eigenvalue weighted by Gasteiger charge is 2.09. The summed E-state index contributed by atoms with van der Waals surface area (Å²) in [5, 5.41) is 19.8. The Morgan fingerprint density at radius 2 is 1.67 bits per heavy atom. The molecule has 0 unspecified atom stereocenters. The molecule has 0 saturated heterocycles. The van der Waals surface area contributed by atoms with E-state index in [4.69, 9.17) is 14.6 Å². The lowest BCUT2D eigenvalue weighted by Crippen LogP contribution is -2.22. The van der Waals surface area contributed by atoms with E-state index < -0.39 is 11.9 Å². The molecule has 7 nitrogen and oxygen atoms in total. The monoisotopic (exact) mass is 297 g/mol. The van der Waals surface area contributed by atoms with E-state index in [2.05, 4.69) is 5.32 Å². The van der Waals surface area contributed by atoms with Crippen LogP contribution in [0.1, 0.15) is 54.8 Å². The third kappa shape index (κ3) is 7.14. The van der Waals surface area contributed by atoms with Crippen LogP contribution >= 0.6 is 0 Å². The van der Waals surface area contributed by atoms with Gasteiger partial charge in [0.25, 0.3) is 0 Å². The summed E-state index contributed by atoms with van der Waals surface area (Å²) in [4.78, 5) is 32.4.